The van der Waals surface area contributed by atoms with E-state index >= 15 is 0 Å². The fourth-order valence-corrected chi connectivity index (χ4v) is 2.91. The highest BCUT2D eigenvalue weighted by Crippen LogP contribution is 2.26. The first kappa shape index (κ1) is 13.5. The van der Waals surface area contributed by atoms with Crippen LogP contribution in [-0.4, -0.2) is 24.3 Å². The van der Waals surface area contributed by atoms with Gasteiger partial charge in [-0.2, -0.15) is 0 Å². The largest absolute Gasteiger partial charge is 0.394 e. The van der Waals surface area contributed by atoms with Crippen molar-refractivity contribution in [2.75, 3.05) is 13.2 Å². The van der Waals surface area contributed by atoms with Gasteiger partial charge in [-0.3, -0.25) is 0 Å². The molecule has 1 saturated carbocycles. The molecule has 1 aromatic rings. The number of aliphatic hydroxyl groups excluding tert-OH is 1. The fourth-order valence-electron chi connectivity index (χ4n) is 2.91. The maximum Gasteiger partial charge on any atom is 0.0626 e. The lowest BCUT2D eigenvalue weighted by molar-refractivity contribution is 0.192. The van der Waals surface area contributed by atoms with Crippen LogP contribution in [0.25, 0.3) is 0 Å². The Hall–Kier alpha value is -0.900. The SMILES string of the molecule is NCC1CCCCC1N[C@H](CO)c1ccccc1. The minimum atomic E-state index is 0.0309. The Labute approximate surface area is 109 Å². The van der Waals surface area contributed by atoms with E-state index in [4.69, 9.17) is 5.73 Å². The van der Waals surface area contributed by atoms with E-state index in [1.807, 2.05) is 18.2 Å². The van der Waals surface area contributed by atoms with Gasteiger partial charge in [0.2, 0.25) is 0 Å². The molecule has 1 fully saturated rings. The maximum absolute atomic E-state index is 9.58. The summed E-state index contributed by atoms with van der Waals surface area (Å²) >= 11 is 0. The maximum atomic E-state index is 9.58. The molecule has 0 heterocycles. The average Bonchev–Trinajstić information content (AvgIpc) is 2.46. The van der Waals surface area contributed by atoms with Crippen molar-refractivity contribution in [2.24, 2.45) is 11.7 Å². The molecule has 2 rings (SSSR count). The highest BCUT2D eigenvalue weighted by molar-refractivity contribution is 5.19. The molecule has 0 saturated heterocycles. The van der Waals surface area contributed by atoms with Gasteiger partial charge in [0.1, 0.15) is 0 Å². The lowest BCUT2D eigenvalue weighted by Gasteiger charge is -2.34. The van der Waals surface area contributed by atoms with Crippen molar-refractivity contribution < 1.29 is 5.11 Å². The van der Waals surface area contributed by atoms with Crippen LogP contribution in [0.15, 0.2) is 30.3 Å². The van der Waals surface area contributed by atoms with E-state index in [1.54, 1.807) is 0 Å². The zero-order chi connectivity index (χ0) is 12.8. The number of hydrogen-bond acceptors (Lipinski definition) is 3. The zero-order valence-electron chi connectivity index (χ0n) is 10.9. The van der Waals surface area contributed by atoms with Crippen LogP contribution in [0, 0.1) is 5.92 Å². The smallest absolute Gasteiger partial charge is 0.0626 e. The van der Waals surface area contributed by atoms with Crippen molar-refractivity contribution in [3.05, 3.63) is 35.9 Å². The summed E-state index contributed by atoms with van der Waals surface area (Å²) in [5.74, 6) is 0.552. The zero-order valence-corrected chi connectivity index (χ0v) is 10.9. The standard InChI is InChI=1S/C15H24N2O/c16-10-13-8-4-5-9-14(13)17-15(11-18)12-6-2-1-3-7-12/h1-3,6-7,13-15,17-18H,4-5,8-11,16H2/t13?,14?,15-/m1/s1. The molecule has 1 aromatic carbocycles. The first-order valence-electron chi connectivity index (χ1n) is 6.97. The Morgan fingerprint density at radius 2 is 1.94 bits per heavy atom. The molecule has 0 aromatic heterocycles. The van der Waals surface area contributed by atoms with E-state index in [2.05, 4.69) is 17.4 Å². The number of aliphatic hydroxyl groups is 1. The number of benzene rings is 1. The van der Waals surface area contributed by atoms with Crippen LogP contribution >= 0.6 is 0 Å². The predicted molar refractivity (Wildman–Crippen MR) is 74.2 cm³/mol. The van der Waals surface area contributed by atoms with E-state index in [0.29, 0.717) is 12.0 Å². The topological polar surface area (TPSA) is 58.3 Å². The third-order valence-electron chi connectivity index (χ3n) is 4.01. The minimum absolute atomic E-state index is 0.0309. The van der Waals surface area contributed by atoms with Crippen molar-refractivity contribution >= 4 is 0 Å². The Morgan fingerprint density at radius 1 is 1.22 bits per heavy atom. The van der Waals surface area contributed by atoms with Gasteiger partial charge in [-0.15, -0.1) is 0 Å². The first-order chi connectivity index (χ1) is 8.85. The van der Waals surface area contributed by atoms with Gasteiger partial charge in [0.25, 0.3) is 0 Å². The highest BCUT2D eigenvalue weighted by Gasteiger charge is 2.26. The number of rotatable bonds is 5. The molecule has 0 amide bonds. The van der Waals surface area contributed by atoms with Crippen molar-refractivity contribution in [3.63, 3.8) is 0 Å². The molecular formula is C15H24N2O. The minimum Gasteiger partial charge on any atom is -0.394 e. The van der Waals surface area contributed by atoms with E-state index in [-0.39, 0.29) is 12.6 Å². The van der Waals surface area contributed by atoms with Gasteiger partial charge >= 0.3 is 0 Å². The molecular weight excluding hydrogens is 224 g/mol. The van der Waals surface area contributed by atoms with Crippen LogP contribution < -0.4 is 11.1 Å². The number of hydrogen-bond donors (Lipinski definition) is 3. The van der Waals surface area contributed by atoms with E-state index in [9.17, 15) is 5.11 Å². The van der Waals surface area contributed by atoms with E-state index in [0.717, 1.165) is 12.1 Å². The Kier molecular flexibility index (Phi) is 5.17. The Bertz CT molecular complexity index is 342. The Morgan fingerprint density at radius 3 is 2.61 bits per heavy atom. The van der Waals surface area contributed by atoms with E-state index < -0.39 is 0 Å². The molecule has 0 aliphatic heterocycles. The normalized spacial score (nSPS) is 25.9. The summed E-state index contributed by atoms with van der Waals surface area (Å²) in [7, 11) is 0. The molecule has 0 spiro atoms. The summed E-state index contributed by atoms with van der Waals surface area (Å²) in [6.07, 6.45) is 4.93. The summed E-state index contributed by atoms with van der Waals surface area (Å²) in [6.45, 7) is 0.877. The van der Waals surface area contributed by atoms with Gasteiger partial charge < -0.3 is 16.2 Å². The molecule has 3 heteroatoms. The van der Waals surface area contributed by atoms with Crippen LogP contribution in [0.5, 0.6) is 0 Å². The molecule has 2 unspecified atom stereocenters. The highest BCUT2D eigenvalue weighted by atomic mass is 16.3. The number of nitrogens with two attached hydrogens (primary N) is 1. The van der Waals surface area contributed by atoms with Gasteiger partial charge in [-0.05, 0) is 30.9 Å². The van der Waals surface area contributed by atoms with Crippen molar-refractivity contribution in [2.45, 2.75) is 37.8 Å². The lowest BCUT2D eigenvalue weighted by atomic mass is 9.84. The number of nitrogens with one attached hydrogen (secondary N) is 1. The Balaban J connectivity index is 2.01. The lowest BCUT2D eigenvalue weighted by Crippen LogP contribution is -2.44. The molecule has 18 heavy (non-hydrogen) atoms. The second kappa shape index (κ2) is 6.88. The molecule has 3 nitrogen and oxygen atoms in total. The van der Waals surface area contributed by atoms with Crippen molar-refractivity contribution in [3.8, 4) is 0 Å². The molecule has 1 aliphatic rings. The fraction of sp³-hybridized carbons (Fsp3) is 0.600. The molecule has 0 radical (unpaired) electrons. The van der Waals surface area contributed by atoms with Crippen LogP contribution in [0.2, 0.25) is 0 Å². The molecule has 4 N–H and O–H groups in total. The van der Waals surface area contributed by atoms with Gasteiger partial charge in [-0.1, -0.05) is 43.2 Å². The van der Waals surface area contributed by atoms with Gasteiger partial charge in [0, 0.05) is 6.04 Å². The van der Waals surface area contributed by atoms with Crippen molar-refractivity contribution in [1.29, 1.82) is 0 Å². The van der Waals surface area contributed by atoms with Crippen LogP contribution in [-0.2, 0) is 0 Å². The summed E-state index contributed by atoms with van der Waals surface area (Å²) in [5, 5.41) is 13.2. The molecule has 3 atom stereocenters. The van der Waals surface area contributed by atoms with E-state index in [1.165, 1.54) is 25.7 Å². The van der Waals surface area contributed by atoms with Gasteiger partial charge in [-0.25, -0.2) is 0 Å². The third-order valence-corrected chi connectivity index (χ3v) is 4.01. The molecule has 0 bridgehead atoms. The first-order valence-corrected chi connectivity index (χ1v) is 6.97. The second-order valence-corrected chi connectivity index (χ2v) is 5.20. The summed E-state index contributed by atoms with van der Waals surface area (Å²) < 4.78 is 0. The molecule has 100 valence electrons. The van der Waals surface area contributed by atoms with Crippen LogP contribution in [0.4, 0.5) is 0 Å². The van der Waals surface area contributed by atoms with Crippen LogP contribution in [0.1, 0.15) is 37.3 Å². The van der Waals surface area contributed by atoms with Gasteiger partial charge in [0.15, 0.2) is 0 Å². The van der Waals surface area contributed by atoms with Crippen LogP contribution in [0.3, 0.4) is 0 Å². The monoisotopic (exact) mass is 248 g/mol. The van der Waals surface area contributed by atoms with Crippen molar-refractivity contribution in [1.82, 2.24) is 5.32 Å². The predicted octanol–water partition coefficient (Wildman–Crippen LogP) is 1.83. The third kappa shape index (κ3) is 3.31. The second-order valence-electron chi connectivity index (χ2n) is 5.20. The average molecular weight is 248 g/mol. The quantitative estimate of drug-likeness (QED) is 0.745. The molecule has 1 aliphatic carbocycles. The summed E-state index contributed by atoms with van der Waals surface area (Å²) in [4.78, 5) is 0. The van der Waals surface area contributed by atoms with Gasteiger partial charge in [0.05, 0.1) is 12.6 Å². The summed E-state index contributed by atoms with van der Waals surface area (Å²) in [6, 6.07) is 10.6. The summed E-state index contributed by atoms with van der Waals surface area (Å²) in [5.41, 5.74) is 7.00.